The molecule has 3 aromatic carbocycles. The Labute approximate surface area is 183 Å². The summed E-state index contributed by atoms with van der Waals surface area (Å²) in [7, 11) is 3.27. The normalized spacial score (nSPS) is 11.8. The number of hydrogen-bond donors (Lipinski definition) is 0. The summed E-state index contributed by atoms with van der Waals surface area (Å²) in [5.74, 6) is 3.40. The van der Waals surface area contributed by atoms with Crippen molar-refractivity contribution >= 4 is 11.6 Å². The number of nitrogens with zero attached hydrogens (tertiary/aromatic N) is 1. The first kappa shape index (κ1) is 22.0. The zero-order chi connectivity index (χ0) is 22.2. The molecule has 160 valence electrons. The first-order valence-corrected chi connectivity index (χ1v) is 9.93. The summed E-state index contributed by atoms with van der Waals surface area (Å²) in [4.78, 5) is 4.70. The predicted octanol–water partition coefficient (Wildman–Crippen LogP) is 6.41. The number of aliphatic imine (C=N–C) groups is 1. The number of ether oxygens (including phenoxy) is 4. The first-order chi connectivity index (χ1) is 15.0. The molecule has 0 aliphatic carbocycles. The van der Waals surface area contributed by atoms with Crippen LogP contribution in [0.25, 0.3) is 0 Å². The molecular formula is C26H27NO4. The zero-order valence-corrected chi connectivity index (χ0v) is 18.5. The van der Waals surface area contributed by atoms with Crippen molar-refractivity contribution in [3.63, 3.8) is 0 Å². The molecule has 0 N–H and O–H groups in total. The fraction of sp³-hybridized carbons (Fsp3) is 0.192. The molecule has 0 saturated carbocycles. The quantitative estimate of drug-likeness (QED) is 0.253. The largest absolute Gasteiger partial charge is 0.497 e. The molecule has 31 heavy (non-hydrogen) atoms. The molecule has 0 bridgehead atoms. The SMILES string of the molecule is COc1ccc(N=C(Oc2cc(C)cc(C)c2)/C(C)=C/Oc2ccc(OC)cc2)cc1. The van der Waals surface area contributed by atoms with Crippen molar-refractivity contribution in [3.8, 4) is 23.0 Å². The minimum absolute atomic E-state index is 0.448. The van der Waals surface area contributed by atoms with Gasteiger partial charge in [-0.05, 0) is 92.6 Å². The summed E-state index contributed by atoms with van der Waals surface area (Å²) >= 11 is 0. The molecule has 0 saturated heterocycles. The van der Waals surface area contributed by atoms with Gasteiger partial charge in [0.15, 0.2) is 0 Å². The van der Waals surface area contributed by atoms with Gasteiger partial charge in [-0.15, -0.1) is 0 Å². The summed E-state index contributed by atoms with van der Waals surface area (Å²) in [5, 5.41) is 0. The van der Waals surface area contributed by atoms with Crippen molar-refractivity contribution in [2.45, 2.75) is 20.8 Å². The summed E-state index contributed by atoms with van der Waals surface area (Å²) in [6, 6.07) is 20.9. The lowest BCUT2D eigenvalue weighted by atomic mass is 10.1. The van der Waals surface area contributed by atoms with E-state index in [0.717, 1.165) is 39.6 Å². The van der Waals surface area contributed by atoms with E-state index in [9.17, 15) is 0 Å². The molecule has 0 heterocycles. The van der Waals surface area contributed by atoms with Crippen LogP contribution in [0.2, 0.25) is 0 Å². The molecule has 0 radical (unpaired) electrons. The van der Waals surface area contributed by atoms with Crippen LogP contribution in [0.3, 0.4) is 0 Å². The zero-order valence-electron chi connectivity index (χ0n) is 18.5. The van der Waals surface area contributed by atoms with Crippen molar-refractivity contribution in [2.75, 3.05) is 14.2 Å². The van der Waals surface area contributed by atoms with Gasteiger partial charge in [-0.3, -0.25) is 0 Å². The van der Waals surface area contributed by atoms with Crippen LogP contribution in [0.4, 0.5) is 5.69 Å². The predicted molar refractivity (Wildman–Crippen MR) is 124 cm³/mol. The Hall–Kier alpha value is -3.73. The molecule has 3 rings (SSSR count). The fourth-order valence-electron chi connectivity index (χ4n) is 2.93. The van der Waals surface area contributed by atoms with Crippen molar-refractivity contribution in [1.82, 2.24) is 0 Å². The highest BCUT2D eigenvalue weighted by molar-refractivity contribution is 5.96. The van der Waals surface area contributed by atoms with Crippen LogP contribution in [0.1, 0.15) is 18.1 Å². The molecule has 0 atom stereocenters. The molecule has 0 spiro atoms. The lowest BCUT2D eigenvalue weighted by molar-refractivity contribution is 0.412. The number of rotatable bonds is 7. The van der Waals surface area contributed by atoms with Crippen molar-refractivity contribution in [2.24, 2.45) is 4.99 Å². The first-order valence-electron chi connectivity index (χ1n) is 9.93. The van der Waals surface area contributed by atoms with Gasteiger partial charge in [0.25, 0.3) is 0 Å². The van der Waals surface area contributed by atoms with E-state index in [1.807, 2.05) is 81.4 Å². The second-order valence-corrected chi connectivity index (χ2v) is 7.13. The van der Waals surface area contributed by atoms with Gasteiger partial charge >= 0.3 is 0 Å². The Kier molecular flexibility index (Phi) is 7.33. The summed E-state index contributed by atoms with van der Waals surface area (Å²) in [6.45, 7) is 5.97. The Morgan fingerprint density at radius 3 is 1.77 bits per heavy atom. The monoisotopic (exact) mass is 417 g/mol. The van der Waals surface area contributed by atoms with Gasteiger partial charge < -0.3 is 18.9 Å². The van der Waals surface area contributed by atoms with Crippen LogP contribution >= 0.6 is 0 Å². The van der Waals surface area contributed by atoms with Crippen molar-refractivity contribution < 1.29 is 18.9 Å². The van der Waals surface area contributed by atoms with Gasteiger partial charge in [0, 0.05) is 5.57 Å². The minimum Gasteiger partial charge on any atom is -0.497 e. The number of benzene rings is 3. The maximum absolute atomic E-state index is 6.17. The topological polar surface area (TPSA) is 49.3 Å². The van der Waals surface area contributed by atoms with E-state index >= 15 is 0 Å². The molecular weight excluding hydrogens is 390 g/mol. The smallest absolute Gasteiger partial charge is 0.225 e. The van der Waals surface area contributed by atoms with Gasteiger partial charge in [-0.25, -0.2) is 4.99 Å². The van der Waals surface area contributed by atoms with Crippen LogP contribution in [-0.2, 0) is 0 Å². The van der Waals surface area contributed by atoms with Crippen LogP contribution in [0, 0.1) is 13.8 Å². The van der Waals surface area contributed by atoms with Crippen LogP contribution in [0.5, 0.6) is 23.0 Å². The van der Waals surface area contributed by atoms with E-state index in [1.165, 1.54) is 0 Å². The average Bonchev–Trinajstić information content (AvgIpc) is 2.77. The van der Waals surface area contributed by atoms with E-state index in [4.69, 9.17) is 23.9 Å². The van der Waals surface area contributed by atoms with E-state index in [1.54, 1.807) is 20.5 Å². The molecule has 3 aromatic rings. The van der Waals surface area contributed by atoms with Gasteiger partial charge in [0.1, 0.15) is 23.0 Å². The standard InChI is InChI=1S/C26H27NO4/c1-18-14-19(2)16-25(15-18)31-26(27-21-6-8-22(28-4)9-7-21)20(3)17-30-24-12-10-23(29-5)11-13-24/h6-17H,1-5H3/b20-17+,27-26?. The van der Waals surface area contributed by atoms with Crippen molar-refractivity contribution in [3.05, 3.63) is 89.7 Å². The van der Waals surface area contributed by atoms with Crippen molar-refractivity contribution in [1.29, 1.82) is 0 Å². The highest BCUT2D eigenvalue weighted by atomic mass is 16.5. The van der Waals surface area contributed by atoms with E-state index < -0.39 is 0 Å². The van der Waals surface area contributed by atoms with Crippen LogP contribution in [0.15, 0.2) is 83.6 Å². The van der Waals surface area contributed by atoms with E-state index in [-0.39, 0.29) is 0 Å². The average molecular weight is 418 g/mol. The molecule has 5 heteroatoms. The summed E-state index contributed by atoms with van der Waals surface area (Å²) < 4.78 is 22.4. The lowest BCUT2D eigenvalue weighted by Crippen LogP contribution is -2.11. The van der Waals surface area contributed by atoms with Gasteiger partial charge in [0.2, 0.25) is 5.90 Å². The molecule has 0 aliphatic heterocycles. The number of hydrogen-bond acceptors (Lipinski definition) is 5. The molecule has 5 nitrogen and oxygen atoms in total. The molecule has 0 unspecified atom stereocenters. The van der Waals surface area contributed by atoms with Crippen LogP contribution in [-0.4, -0.2) is 20.1 Å². The Bertz CT molecular complexity index is 1050. The van der Waals surface area contributed by atoms with Crippen LogP contribution < -0.4 is 18.9 Å². The Morgan fingerprint density at radius 1 is 0.710 bits per heavy atom. The third-order valence-electron chi connectivity index (χ3n) is 4.48. The molecule has 0 aromatic heterocycles. The lowest BCUT2D eigenvalue weighted by Gasteiger charge is -2.12. The minimum atomic E-state index is 0.448. The highest BCUT2D eigenvalue weighted by Crippen LogP contribution is 2.23. The second kappa shape index (κ2) is 10.3. The number of methoxy groups -OCH3 is 2. The molecule has 0 amide bonds. The van der Waals surface area contributed by atoms with E-state index in [0.29, 0.717) is 11.6 Å². The maximum Gasteiger partial charge on any atom is 0.225 e. The number of aryl methyl sites for hydroxylation is 2. The molecule has 0 aliphatic rings. The fourth-order valence-corrected chi connectivity index (χ4v) is 2.93. The third-order valence-corrected chi connectivity index (χ3v) is 4.48. The summed E-state index contributed by atoms with van der Waals surface area (Å²) in [5.41, 5.74) is 3.73. The molecule has 0 fully saturated rings. The Morgan fingerprint density at radius 2 is 1.23 bits per heavy atom. The van der Waals surface area contributed by atoms with Gasteiger partial charge in [-0.2, -0.15) is 0 Å². The Balaban J connectivity index is 1.89. The third kappa shape index (κ3) is 6.37. The second-order valence-electron chi connectivity index (χ2n) is 7.13. The summed E-state index contributed by atoms with van der Waals surface area (Å²) in [6.07, 6.45) is 1.63. The maximum atomic E-state index is 6.17. The van der Waals surface area contributed by atoms with E-state index in [2.05, 4.69) is 6.07 Å². The highest BCUT2D eigenvalue weighted by Gasteiger charge is 2.09. The van der Waals surface area contributed by atoms with Gasteiger partial charge in [0.05, 0.1) is 26.2 Å². The van der Waals surface area contributed by atoms with Gasteiger partial charge in [-0.1, -0.05) is 6.07 Å².